The van der Waals surface area contributed by atoms with Crippen LogP contribution in [0.5, 0.6) is 0 Å². The highest BCUT2D eigenvalue weighted by molar-refractivity contribution is 5.80. The van der Waals surface area contributed by atoms with Crippen LogP contribution in [0.4, 0.5) is 5.69 Å². The molecule has 2 aromatic rings. The number of nitrogens with zero attached hydrogens (tertiary/aromatic N) is 5. The third kappa shape index (κ3) is 4.66. The molecule has 0 bridgehead atoms. The van der Waals surface area contributed by atoms with Gasteiger partial charge in [0.15, 0.2) is 5.96 Å². The van der Waals surface area contributed by atoms with Crippen LogP contribution in [0, 0.1) is 19.8 Å². The van der Waals surface area contributed by atoms with Crippen molar-refractivity contribution in [2.45, 2.75) is 40.8 Å². The molecule has 3 rings (SSSR count). The highest BCUT2D eigenvalue weighted by atomic mass is 15.3. The number of nitrogens with one attached hydrogen (secondary N) is 1. The van der Waals surface area contributed by atoms with E-state index in [1.54, 1.807) is 0 Å². The summed E-state index contributed by atoms with van der Waals surface area (Å²) < 4.78 is 2.23. The van der Waals surface area contributed by atoms with Gasteiger partial charge in [-0.3, -0.25) is 4.99 Å². The van der Waals surface area contributed by atoms with Gasteiger partial charge < -0.3 is 19.7 Å². The van der Waals surface area contributed by atoms with Crippen molar-refractivity contribution in [3.8, 4) is 0 Å². The van der Waals surface area contributed by atoms with Crippen LogP contribution in [0.2, 0.25) is 0 Å². The van der Waals surface area contributed by atoms with Crippen molar-refractivity contribution in [3.63, 3.8) is 0 Å². The zero-order chi connectivity index (χ0) is 20.1. The number of aliphatic imine (C=N–C) groups is 1. The van der Waals surface area contributed by atoms with Crippen LogP contribution in [0.25, 0.3) is 0 Å². The van der Waals surface area contributed by atoms with E-state index >= 15 is 0 Å². The highest BCUT2D eigenvalue weighted by Gasteiger charge is 2.21. The topological polar surface area (TPSA) is 48.7 Å². The minimum Gasteiger partial charge on any atom is -0.368 e. The first kappa shape index (κ1) is 20.2. The molecule has 0 atom stereocenters. The molecule has 0 saturated carbocycles. The molecule has 2 heterocycles. The summed E-state index contributed by atoms with van der Waals surface area (Å²) in [5.74, 6) is 2.62. The van der Waals surface area contributed by atoms with E-state index < -0.39 is 0 Å². The number of benzene rings is 1. The van der Waals surface area contributed by atoms with Crippen molar-refractivity contribution in [2.24, 2.45) is 10.9 Å². The Bertz CT molecular complexity index is 799. The van der Waals surface area contributed by atoms with Crippen LogP contribution >= 0.6 is 0 Å². The van der Waals surface area contributed by atoms with Gasteiger partial charge in [-0.05, 0) is 37.0 Å². The van der Waals surface area contributed by atoms with Crippen LogP contribution < -0.4 is 10.2 Å². The van der Waals surface area contributed by atoms with Crippen molar-refractivity contribution in [3.05, 3.63) is 47.5 Å². The van der Waals surface area contributed by atoms with Gasteiger partial charge in [-0.1, -0.05) is 26.0 Å². The molecule has 1 aliphatic heterocycles. The number of aromatic nitrogens is 2. The third-order valence-electron chi connectivity index (χ3n) is 5.48. The first-order valence-corrected chi connectivity index (χ1v) is 10.3. The van der Waals surface area contributed by atoms with Gasteiger partial charge in [-0.2, -0.15) is 0 Å². The van der Waals surface area contributed by atoms with Crippen molar-refractivity contribution in [2.75, 3.05) is 38.1 Å². The summed E-state index contributed by atoms with van der Waals surface area (Å²) in [7, 11) is 1.86. The molecule has 1 N–H and O–H groups in total. The second-order valence-electron chi connectivity index (χ2n) is 7.98. The fourth-order valence-corrected chi connectivity index (χ4v) is 3.79. The van der Waals surface area contributed by atoms with Gasteiger partial charge in [-0.15, -0.1) is 0 Å². The summed E-state index contributed by atoms with van der Waals surface area (Å²) in [6, 6.07) is 6.58. The summed E-state index contributed by atoms with van der Waals surface area (Å²) in [6.07, 6.45) is 3.94. The van der Waals surface area contributed by atoms with Crippen LogP contribution in [0.3, 0.4) is 0 Å². The Labute approximate surface area is 169 Å². The number of guanidine groups is 1. The van der Waals surface area contributed by atoms with Crippen molar-refractivity contribution in [1.82, 2.24) is 19.8 Å². The van der Waals surface area contributed by atoms with Crippen molar-refractivity contribution < 1.29 is 0 Å². The van der Waals surface area contributed by atoms with Gasteiger partial charge in [0.2, 0.25) is 0 Å². The third-order valence-corrected chi connectivity index (χ3v) is 5.48. The number of imidazole rings is 1. The largest absolute Gasteiger partial charge is 0.368 e. The molecular weight excluding hydrogens is 348 g/mol. The van der Waals surface area contributed by atoms with E-state index in [4.69, 9.17) is 0 Å². The Kier molecular flexibility index (Phi) is 6.60. The molecule has 28 heavy (non-hydrogen) atoms. The zero-order valence-electron chi connectivity index (χ0n) is 17.9. The van der Waals surface area contributed by atoms with E-state index in [0.717, 1.165) is 44.5 Å². The lowest BCUT2D eigenvalue weighted by Gasteiger charge is -2.38. The standard InChI is InChI=1S/C22H34N6/c1-17(2)16-28-10-9-24-21(28)15-25-22(23-5)27-13-11-26(12-14-27)20-8-6-7-18(3)19(20)4/h6-10,17H,11-16H2,1-5H3,(H,23,25). The van der Waals surface area contributed by atoms with Gasteiger partial charge in [-0.25, -0.2) is 4.98 Å². The summed E-state index contributed by atoms with van der Waals surface area (Å²) >= 11 is 0. The zero-order valence-corrected chi connectivity index (χ0v) is 17.9. The van der Waals surface area contributed by atoms with Gasteiger partial charge in [0.05, 0.1) is 6.54 Å². The molecule has 0 spiro atoms. The van der Waals surface area contributed by atoms with Crippen LogP contribution in [-0.4, -0.2) is 53.6 Å². The number of hydrogen-bond donors (Lipinski definition) is 1. The molecule has 1 aromatic carbocycles. The van der Waals surface area contributed by atoms with E-state index in [2.05, 4.69) is 81.8 Å². The lowest BCUT2D eigenvalue weighted by atomic mass is 10.1. The van der Waals surface area contributed by atoms with E-state index in [1.165, 1.54) is 16.8 Å². The Balaban J connectivity index is 1.57. The Hall–Kier alpha value is -2.50. The second-order valence-corrected chi connectivity index (χ2v) is 7.98. The van der Waals surface area contributed by atoms with Crippen LogP contribution in [0.15, 0.2) is 35.6 Å². The Morgan fingerprint density at radius 3 is 2.61 bits per heavy atom. The minimum absolute atomic E-state index is 0.602. The highest BCUT2D eigenvalue weighted by Crippen LogP contribution is 2.23. The van der Waals surface area contributed by atoms with Crippen molar-refractivity contribution in [1.29, 1.82) is 0 Å². The van der Waals surface area contributed by atoms with E-state index in [0.29, 0.717) is 12.5 Å². The molecule has 1 aliphatic rings. The predicted molar refractivity (Wildman–Crippen MR) is 117 cm³/mol. The molecule has 1 aromatic heterocycles. The molecule has 0 aliphatic carbocycles. The Morgan fingerprint density at radius 1 is 1.18 bits per heavy atom. The number of rotatable bonds is 5. The van der Waals surface area contributed by atoms with Crippen molar-refractivity contribution >= 4 is 11.6 Å². The molecule has 6 heteroatoms. The SMILES string of the molecule is CN=C(NCc1nccn1CC(C)C)N1CCN(c2cccc(C)c2C)CC1. The average molecular weight is 383 g/mol. The first-order chi connectivity index (χ1) is 13.5. The summed E-state index contributed by atoms with van der Waals surface area (Å²) in [5.41, 5.74) is 4.10. The Morgan fingerprint density at radius 2 is 1.93 bits per heavy atom. The predicted octanol–water partition coefficient (Wildman–Crippen LogP) is 3.05. The van der Waals surface area contributed by atoms with E-state index in [9.17, 15) is 0 Å². The molecule has 1 saturated heterocycles. The maximum atomic E-state index is 4.51. The van der Waals surface area contributed by atoms with Crippen LogP contribution in [-0.2, 0) is 13.1 Å². The number of aryl methyl sites for hydroxylation is 1. The van der Waals surface area contributed by atoms with Gasteiger partial charge >= 0.3 is 0 Å². The minimum atomic E-state index is 0.602. The maximum absolute atomic E-state index is 4.51. The smallest absolute Gasteiger partial charge is 0.194 e. The normalized spacial score (nSPS) is 15.4. The lowest BCUT2D eigenvalue weighted by Crippen LogP contribution is -2.52. The average Bonchev–Trinajstić information content (AvgIpc) is 3.11. The molecule has 6 nitrogen and oxygen atoms in total. The number of hydrogen-bond acceptors (Lipinski definition) is 3. The van der Waals surface area contributed by atoms with E-state index in [1.807, 2.05) is 13.2 Å². The monoisotopic (exact) mass is 382 g/mol. The van der Waals surface area contributed by atoms with Gasteiger partial charge in [0, 0.05) is 57.9 Å². The summed E-state index contributed by atoms with van der Waals surface area (Å²) in [5, 5.41) is 3.50. The quantitative estimate of drug-likeness (QED) is 0.638. The fraction of sp³-hybridized carbons (Fsp3) is 0.545. The first-order valence-electron chi connectivity index (χ1n) is 10.3. The molecular formula is C22H34N6. The van der Waals surface area contributed by atoms with Crippen LogP contribution in [0.1, 0.15) is 30.8 Å². The number of anilines is 1. The molecule has 0 radical (unpaired) electrons. The maximum Gasteiger partial charge on any atom is 0.194 e. The summed E-state index contributed by atoms with van der Waals surface area (Å²) in [6.45, 7) is 14.5. The molecule has 152 valence electrons. The lowest BCUT2D eigenvalue weighted by molar-refractivity contribution is 0.371. The molecule has 0 unspecified atom stereocenters. The fourth-order valence-electron chi connectivity index (χ4n) is 3.79. The molecule has 0 amide bonds. The van der Waals surface area contributed by atoms with Gasteiger partial charge in [0.1, 0.15) is 5.82 Å². The van der Waals surface area contributed by atoms with E-state index in [-0.39, 0.29) is 0 Å². The molecule has 1 fully saturated rings. The number of piperazine rings is 1. The second kappa shape index (κ2) is 9.13. The van der Waals surface area contributed by atoms with Gasteiger partial charge in [0.25, 0.3) is 0 Å². The summed E-state index contributed by atoms with van der Waals surface area (Å²) in [4.78, 5) is 13.8.